The summed E-state index contributed by atoms with van der Waals surface area (Å²) in [6, 6.07) is 2.10. The van der Waals surface area contributed by atoms with Gasteiger partial charge in [-0.15, -0.1) is 0 Å². The summed E-state index contributed by atoms with van der Waals surface area (Å²) in [6.07, 6.45) is -0.292. The van der Waals surface area contributed by atoms with Crippen molar-refractivity contribution in [1.29, 1.82) is 0 Å². The standard InChI is InChI=1S/C17H18F2N8O4/c1-4-30-15(28)8(2)31-13-5-9(18)11(22-16-21-7-10(19)14(20)23-16)6-12(13)27-17(29)26(3)24-25-27/h5-8H,4H2,1-3H3,(H3,20,21,22,23). The molecule has 0 aliphatic rings. The number of aromatic nitrogens is 6. The number of benzene rings is 1. The molecule has 2 heterocycles. The van der Waals surface area contributed by atoms with Crippen molar-refractivity contribution < 1.29 is 23.0 Å². The quantitative estimate of drug-likeness (QED) is 0.506. The maximum absolute atomic E-state index is 14.8. The molecular formula is C17H18F2N8O4. The van der Waals surface area contributed by atoms with Gasteiger partial charge in [-0.2, -0.15) is 14.3 Å². The first kappa shape index (κ1) is 21.6. The molecule has 164 valence electrons. The SMILES string of the molecule is CCOC(=O)C(C)Oc1cc(F)c(Nc2ncc(F)c(N)n2)cc1-n1nnn(C)c1=O. The second kappa shape index (κ2) is 8.73. The normalized spacial score (nSPS) is 11.8. The summed E-state index contributed by atoms with van der Waals surface area (Å²) < 4.78 is 40.2. The highest BCUT2D eigenvalue weighted by molar-refractivity contribution is 5.75. The Labute approximate surface area is 173 Å². The molecule has 0 saturated carbocycles. The number of esters is 1. The van der Waals surface area contributed by atoms with Gasteiger partial charge in [-0.05, 0) is 30.3 Å². The van der Waals surface area contributed by atoms with Gasteiger partial charge < -0.3 is 20.5 Å². The number of nitrogen functional groups attached to an aromatic ring is 1. The number of aryl methyl sites for hydroxylation is 1. The highest BCUT2D eigenvalue weighted by Gasteiger charge is 2.22. The Morgan fingerprint density at radius 1 is 1.29 bits per heavy atom. The summed E-state index contributed by atoms with van der Waals surface area (Å²) in [5, 5.41) is 9.85. The molecule has 1 aromatic carbocycles. The van der Waals surface area contributed by atoms with E-state index in [2.05, 4.69) is 25.7 Å². The van der Waals surface area contributed by atoms with Crippen LogP contribution in [-0.2, 0) is 16.6 Å². The fourth-order valence-electron chi connectivity index (χ4n) is 2.42. The number of anilines is 3. The van der Waals surface area contributed by atoms with Gasteiger partial charge in [0.15, 0.2) is 23.6 Å². The number of nitrogens with zero attached hydrogens (tertiary/aromatic N) is 6. The number of nitrogens with one attached hydrogen (secondary N) is 1. The van der Waals surface area contributed by atoms with E-state index in [1.54, 1.807) is 6.92 Å². The number of tetrazole rings is 1. The van der Waals surface area contributed by atoms with Crippen LogP contribution in [0.25, 0.3) is 5.69 Å². The largest absolute Gasteiger partial charge is 0.477 e. The van der Waals surface area contributed by atoms with Crippen LogP contribution in [0, 0.1) is 11.6 Å². The average Bonchev–Trinajstić information content (AvgIpc) is 3.05. The van der Waals surface area contributed by atoms with Crippen molar-refractivity contribution in [2.24, 2.45) is 7.05 Å². The molecule has 1 unspecified atom stereocenters. The minimum Gasteiger partial charge on any atom is -0.477 e. The van der Waals surface area contributed by atoms with E-state index >= 15 is 0 Å². The fraction of sp³-hybridized carbons (Fsp3) is 0.294. The highest BCUT2D eigenvalue weighted by Crippen LogP contribution is 2.30. The van der Waals surface area contributed by atoms with E-state index in [0.717, 1.165) is 21.6 Å². The van der Waals surface area contributed by atoms with Gasteiger partial charge in [-0.1, -0.05) is 0 Å². The van der Waals surface area contributed by atoms with E-state index in [1.807, 2.05) is 0 Å². The molecule has 3 N–H and O–H groups in total. The van der Waals surface area contributed by atoms with Gasteiger partial charge in [-0.25, -0.2) is 23.4 Å². The summed E-state index contributed by atoms with van der Waals surface area (Å²) in [4.78, 5) is 31.6. The zero-order chi connectivity index (χ0) is 22.7. The number of carbonyl (C=O) groups excluding carboxylic acids is 1. The number of hydrogen-bond acceptors (Lipinski definition) is 10. The number of rotatable bonds is 7. The van der Waals surface area contributed by atoms with E-state index in [-0.39, 0.29) is 29.7 Å². The van der Waals surface area contributed by atoms with Crippen molar-refractivity contribution in [1.82, 2.24) is 29.8 Å². The van der Waals surface area contributed by atoms with Crippen molar-refractivity contribution in [2.45, 2.75) is 20.0 Å². The van der Waals surface area contributed by atoms with Crippen molar-refractivity contribution in [2.75, 3.05) is 17.7 Å². The molecule has 0 radical (unpaired) electrons. The van der Waals surface area contributed by atoms with Crippen molar-refractivity contribution in [3.05, 3.63) is 40.4 Å². The Kier molecular flexibility index (Phi) is 6.08. The minimum atomic E-state index is -1.11. The molecule has 14 heteroatoms. The highest BCUT2D eigenvalue weighted by atomic mass is 19.1. The third kappa shape index (κ3) is 4.57. The second-order valence-electron chi connectivity index (χ2n) is 6.16. The van der Waals surface area contributed by atoms with Gasteiger partial charge in [0.1, 0.15) is 11.4 Å². The Balaban J connectivity index is 2.05. The van der Waals surface area contributed by atoms with Crippen molar-refractivity contribution in [3.8, 4) is 11.4 Å². The lowest BCUT2D eigenvalue weighted by atomic mass is 10.2. The first-order valence-electron chi connectivity index (χ1n) is 8.92. The molecule has 2 aromatic heterocycles. The first-order chi connectivity index (χ1) is 14.7. The van der Waals surface area contributed by atoms with Gasteiger partial charge in [0, 0.05) is 13.1 Å². The summed E-state index contributed by atoms with van der Waals surface area (Å²) in [5.41, 5.74) is 4.51. The van der Waals surface area contributed by atoms with Gasteiger partial charge in [-0.3, -0.25) is 0 Å². The van der Waals surface area contributed by atoms with Crippen LogP contribution in [0.15, 0.2) is 23.1 Å². The predicted molar refractivity (Wildman–Crippen MR) is 103 cm³/mol. The molecule has 0 bridgehead atoms. The van der Waals surface area contributed by atoms with Gasteiger partial charge in [0.2, 0.25) is 5.95 Å². The van der Waals surface area contributed by atoms with Crippen LogP contribution in [-0.4, -0.2) is 48.4 Å². The number of hydrogen-bond donors (Lipinski definition) is 2. The van der Waals surface area contributed by atoms with Crippen molar-refractivity contribution in [3.63, 3.8) is 0 Å². The van der Waals surface area contributed by atoms with Crippen LogP contribution in [0.3, 0.4) is 0 Å². The molecule has 31 heavy (non-hydrogen) atoms. The van der Waals surface area contributed by atoms with Gasteiger partial charge >= 0.3 is 11.7 Å². The summed E-state index contributed by atoms with van der Waals surface area (Å²) in [6.45, 7) is 3.15. The minimum absolute atomic E-state index is 0.0340. The Bertz CT molecular complexity index is 1180. The molecule has 0 fully saturated rings. The second-order valence-corrected chi connectivity index (χ2v) is 6.16. The van der Waals surface area contributed by atoms with Crippen LogP contribution in [0.2, 0.25) is 0 Å². The maximum Gasteiger partial charge on any atom is 0.368 e. The number of carbonyl (C=O) groups is 1. The zero-order valence-corrected chi connectivity index (χ0v) is 16.7. The molecular weight excluding hydrogens is 418 g/mol. The molecule has 12 nitrogen and oxygen atoms in total. The van der Waals surface area contributed by atoms with Crippen LogP contribution < -0.4 is 21.5 Å². The van der Waals surface area contributed by atoms with E-state index in [1.165, 1.54) is 20.0 Å². The first-order valence-corrected chi connectivity index (χ1v) is 8.92. The van der Waals surface area contributed by atoms with E-state index < -0.39 is 35.2 Å². The Hall–Kier alpha value is -4.10. The van der Waals surface area contributed by atoms with E-state index in [4.69, 9.17) is 15.2 Å². The summed E-state index contributed by atoms with van der Waals surface area (Å²) in [5.74, 6) is -3.17. The van der Waals surface area contributed by atoms with Gasteiger partial charge in [0.25, 0.3) is 0 Å². The number of nitrogens with two attached hydrogens (primary N) is 1. The molecule has 0 saturated heterocycles. The molecule has 0 aliphatic carbocycles. The third-order valence-corrected chi connectivity index (χ3v) is 3.94. The average molecular weight is 436 g/mol. The summed E-state index contributed by atoms with van der Waals surface area (Å²) in [7, 11) is 1.37. The summed E-state index contributed by atoms with van der Waals surface area (Å²) >= 11 is 0. The molecule has 1 atom stereocenters. The van der Waals surface area contributed by atoms with E-state index in [9.17, 15) is 18.4 Å². The zero-order valence-electron chi connectivity index (χ0n) is 16.7. The lowest BCUT2D eigenvalue weighted by molar-refractivity contribution is -0.150. The van der Waals surface area contributed by atoms with E-state index in [0.29, 0.717) is 0 Å². The number of ether oxygens (including phenoxy) is 2. The lowest BCUT2D eigenvalue weighted by Crippen LogP contribution is -2.28. The van der Waals surface area contributed by atoms with Crippen molar-refractivity contribution >= 4 is 23.4 Å². The Morgan fingerprint density at radius 3 is 2.65 bits per heavy atom. The van der Waals surface area contributed by atoms with Crippen LogP contribution >= 0.6 is 0 Å². The maximum atomic E-state index is 14.8. The molecule has 0 spiro atoms. The van der Waals surface area contributed by atoms with Crippen LogP contribution in [0.1, 0.15) is 13.8 Å². The van der Waals surface area contributed by atoms with Gasteiger partial charge in [0.05, 0.1) is 18.5 Å². The number of halogens is 2. The molecule has 3 aromatic rings. The lowest BCUT2D eigenvalue weighted by Gasteiger charge is -2.17. The van der Waals surface area contributed by atoms with Crippen LogP contribution in [0.4, 0.5) is 26.2 Å². The Morgan fingerprint density at radius 2 is 2.03 bits per heavy atom. The smallest absolute Gasteiger partial charge is 0.368 e. The monoisotopic (exact) mass is 436 g/mol. The third-order valence-electron chi connectivity index (χ3n) is 3.94. The fourth-order valence-corrected chi connectivity index (χ4v) is 2.42. The predicted octanol–water partition coefficient (Wildman–Crippen LogP) is 0.690. The van der Waals surface area contributed by atoms with Crippen LogP contribution in [0.5, 0.6) is 5.75 Å². The molecule has 0 aliphatic heterocycles. The topological polar surface area (TPSA) is 152 Å². The molecule has 0 amide bonds. The molecule has 3 rings (SSSR count).